The Morgan fingerprint density at radius 1 is 1.26 bits per heavy atom. The number of rotatable bonds is 8. The molecule has 1 aromatic carbocycles. The van der Waals surface area contributed by atoms with Crippen LogP contribution < -0.4 is 11.1 Å². The molecule has 0 aliphatic carbocycles. The van der Waals surface area contributed by atoms with Crippen LogP contribution in [0.3, 0.4) is 0 Å². The van der Waals surface area contributed by atoms with E-state index in [2.05, 4.69) is 5.32 Å². The third kappa shape index (κ3) is 9.21. The maximum Gasteiger partial charge on any atom is 0.407 e. The molecule has 23 heavy (non-hydrogen) atoms. The summed E-state index contributed by atoms with van der Waals surface area (Å²) in [5, 5.41) is 2.73. The summed E-state index contributed by atoms with van der Waals surface area (Å²) in [5.74, 6) is 0. The Balaban J connectivity index is 2.13. The molecular formula is C18H30N2O3. The Morgan fingerprint density at radius 3 is 2.52 bits per heavy atom. The van der Waals surface area contributed by atoms with Crippen LogP contribution in [0.15, 0.2) is 30.3 Å². The van der Waals surface area contributed by atoms with Gasteiger partial charge < -0.3 is 20.5 Å². The Hall–Kier alpha value is -1.59. The summed E-state index contributed by atoms with van der Waals surface area (Å²) in [5.41, 5.74) is 6.72. The molecule has 0 aliphatic rings. The van der Waals surface area contributed by atoms with Gasteiger partial charge in [-0.25, -0.2) is 4.79 Å². The van der Waals surface area contributed by atoms with E-state index in [1.165, 1.54) is 0 Å². The molecule has 0 aromatic heterocycles. The Morgan fingerprint density at radius 2 is 1.91 bits per heavy atom. The molecule has 2 atom stereocenters. The molecule has 0 fully saturated rings. The molecule has 0 radical (unpaired) electrons. The first-order chi connectivity index (χ1) is 10.8. The first-order valence-corrected chi connectivity index (χ1v) is 8.17. The molecule has 1 amide bonds. The van der Waals surface area contributed by atoms with Crippen molar-refractivity contribution in [1.29, 1.82) is 0 Å². The van der Waals surface area contributed by atoms with Crippen molar-refractivity contribution in [1.82, 2.24) is 5.32 Å². The number of amides is 1. The molecule has 3 N–H and O–H groups in total. The molecule has 0 aliphatic heterocycles. The average Bonchev–Trinajstić information content (AvgIpc) is 2.48. The number of carbonyl (C=O) groups is 1. The van der Waals surface area contributed by atoms with Gasteiger partial charge in [-0.1, -0.05) is 30.3 Å². The summed E-state index contributed by atoms with van der Waals surface area (Å²) in [6, 6.07) is 10.0. The van der Waals surface area contributed by atoms with Gasteiger partial charge in [0.15, 0.2) is 0 Å². The van der Waals surface area contributed by atoms with Gasteiger partial charge in [-0.05, 0) is 46.1 Å². The Bertz CT molecular complexity index is 457. The van der Waals surface area contributed by atoms with Crippen molar-refractivity contribution in [2.75, 3.05) is 13.2 Å². The molecule has 5 nitrogen and oxygen atoms in total. The van der Waals surface area contributed by atoms with Gasteiger partial charge >= 0.3 is 6.09 Å². The number of nitrogens with two attached hydrogens (primary N) is 1. The second-order valence-corrected chi connectivity index (χ2v) is 6.72. The lowest BCUT2D eigenvalue weighted by Crippen LogP contribution is -2.34. The minimum Gasteiger partial charge on any atom is -0.444 e. The van der Waals surface area contributed by atoms with Crippen molar-refractivity contribution in [2.24, 2.45) is 5.73 Å². The monoisotopic (exact) mass is 322 g/mol. The van der Waals surface area contributed by atoms with Crippen molar-refractivity contribution in [3.05, 3.63) is 35.9 Å². The van der Waals surface area contributed by atoms with E-state index in [0.29, 0.717) is 13.2 Å². The van der Waals surface area contributed by atoms with Gasteiger partial charge in [0, 0.05) is 12.6 Å². The average molecular weight is 322 g/mol. The summed E-state index contributed by atoms with van der Waals surface area (Å²) in [6.07, 6.45) is 1.23. The Kier molecular flexibility index (Phi) is 8.06. The molecule has 0 saturated heterocycles. The number of nitrogens with one attached hydrogen (secondary N) is 1. The van der Waals surface area contributed by atoms with Crippen LogP contribution >= 0.6 is 0 Å². The summed E-state index contributed by atoms with van der Waals surface area (Å²) in [4.78, 5) is 11.5. The quantitative estimate of drug-likeness (QED) is 0.719. The highest BCUT2D eigenvalue weighted by Crippen LogP contribution is 2.16. The third-order valence-corrected chi connectivity index (χ3v) is 3.25. The predicted molar refractivity (Wildman–Crippen MR) is 92.3 cm³/mol. The van der Waals surface area contributed by atoms with E-state index in [1.807, 2.05) is 58.0 Å². The highest BCUT2D eigenvalue weighted by Gasteiger charge is 2.15. The van der Waals surface area contributed by atoms with Crippen LogP contribution in [0.2, 0.25) is 0 Å². The summed E-state index contributed by atoms with van der Waals surface area (Å²) < 4.78 is 11.0. The SMILES string of the molecule is C[C@H](OCC(N)CCCNC(=O)OC(C)(C)C)c1ccccc1. The molecule has 0 bridgehead atoms. The molecule has 0 spiro atoms. The van der Waals surface area contributed by atoms with Crippen molar-refractivity contribution in [2.45, 2.75) is 58.3 Å². The molecule has 5 heteroatoms. The fourth-order valence-corrected chi connectivity index (χ4v) is 2.04. The zero-order valence-corrected chi connectivity index (χ0v) is 14.7. The highest BCUT2D eigenvalue weighted by molar-refractivity contribution is 5.67. The van der Waals surface area contributed by atoms with Crippen molar-refractivity contribution < 1.29 is 14.3 Å². The lowest BCUT2D eigenvalue weighted by Gasteiger charge is -2.20. The van der Waals surface area contributed by atoms with Gasteiger partial charge in [-0.2, -0.15) is 0 Å². The van der Waals surface area contributed by atoms with Gasteiger partial charge in [-0.15, -0.1) is 0 Å². The predicted octanol–water partition coefficient (Wildman–Crippen LogP) is 3.40. The number of alkyl carbamates (subject to hydrolysis) is 1. The number of carbonyl (C=O) groups excluding carboxylic acids is 1. The van der Waals surface area contributed by atoms with E-state index in [1.54, 1.807) is 0 Å². The maximum absolute atomic E-state index is 11.5. The molecule has 0 saturated carbocycles. The van der Waals surface area contributed by atoms with E-state index >= 15 is 0 Å². The van der Waals surface area contributed by atoms with Crippen LogP contribution in [0.4, 0.5) is 4.79 Å². The zero-order valence-electron chi connectivity index (χ0n) is 14.7. The number of benzene rings is 1. The second-order valence-electron chi connectivity index (χ2n) is 6.72. The largest absolute Gasteiger partial charge is 0.444 e. The topological polar surface area (TPSA) is 73.6 Å². The summed E-state index contributed by atoms with van der Waals surface area (Å²) >= 11 is 0. The lowest BCUT2D eigenvalue weighted by atomic mass is 10.1. The Labute approximate surface area is 139 Å². The fourth-order valence-electron chi connectivity index (χ4n) is 2.04. The van der Waals surface area contributed by atoms with Crippen LogP contribution in [-0.2, 0) is 9.47 Å². The summed E-state index contributed by atoms with van der Waals surface area (Å²) in [7, 11) is 0. The van der Waals surface area contributed by atoms with Crippen LogP contribution in [0.25, 0.3) is 0 Å². The van der Waals surface area contributed by atoms with E-state index in [-0.39, 0.29) is 18.2 Å². The summed E-state index contributed by atoms with van der Waals surface area (Å²) in [6.45, 7) is 8.60. The molecule has 1 aromatic rings. The van der Waals surface area contributed by atoms with Gasteiger partial charge in [-0.3, -0.25) is 0 Å². The fraction of sp³-hybridized carbons (Fsp3) is 0.611. The van der Waals surface area contributed by atoms with Crippen LogP contribution in [0, 0.1) is 0 Å². The number of hydrogen-bond donors (Lipinski definition) is 2. The molecule has 1 unspecified atom stereocenters. The lowest BCUT2D eigenvalue weighted by molar-refractivity contribution is 0.0511. The van der Waals surface area contributed by atoms with Gasteiger partial charge in [0.2, 0.25) is 0 Å². The van der Waals surface area contributed by atoms with Crippen molar-refractivity contribution in [3.8, 4) is 0 Å². The van der Waals surface area contributed by atoms with Gasteiger partial charge in [0.05, 0.1) is 12.7 Å². The normalized spacial score (nSPS) is 14.1. The molecule has 130 valence electrons. The van der Waals surface area contributed by atoms with Gasteiger partial charge in [0.25, 0.3) is 0 Å². The van der Waals surface area contributed by atoms with Crippen LogP contribution in [-0.4, -0.2) is 30.9 Å². The first-order valence-electron chi connectivity index (χ1n) is 8.17. The van der Waals surface area contributed by atoms with Crippen molar-refractivity contribution >= 4 is 6.09 Å². The minimum atomic E-state index is -0.470. The van der Waals surface area contributed by atoms with E-state index < -0.39 is 5.60 Å². The van der Waals surface area contributed by atoms with Crippen LogP contribution in [0.1, 0.15) is 52.2 Å². The standard InChI is InChI=1S/C18H30N2O3/c1-14(15-9-6-5-7-10-15)22-13-16(19)11-8-12-20-17(21)23-18(2,3)4/h5-7,9-10,14,16H,8,11-13,19H2,1-4H3,(H,20,21)/t14-,16?/m0/s1. The maximum atomic E-state index is 11.5. The smallest absolute Gasteiger partial charge is 0.407 e. The third-order valence-electron chi connectivity index (χ3n) is 3.25. The van der Waals surface area contributed by atoms with Gasteiger partial charge in [0.1, 0.15) is 5.60 Å². The minimum absolute atomic E-state index is 0.0298. The highest BCUT2D eigenvalue weighted by atomic mass is 16.6. The second kappa shape index (κ2) is 9.53. The van der Waals surface area contributed by atoms with E-state index in [4.69, 9.17) is 15.2 Å². The van der Waals surface area contributed by atoms with E-state index in [9.17, 15) is 4.79 Å². The van der Waals surface area contributed by atoms with E-state index in [0.717, 1.165) is 18.4 Å². The first kappa shape index (κ1) is 19.5. The van der Waals surface area contributed by atoms with Crippen LogP contribution in [0.5, 0.6) is 0 Å². The molecule has 0 heterocycles. The molecule has 1 rings (SSSR count). The zero-order chi connectivity index (χ0) is 17.3. The number of hydrogen-bond acceptors (Lipinski definition) is 4. The molecular weight excluding hydrogens is 292 g/mol. The number of ether oxygens (including phenoxy) is 2. The van der Waals surface area contributed by atoms with Crippen molar-refractivity contribution in [3.63, 3.8) is 0 Å².